The van der Waals surface area contributed by atoms with E-state index in [1.54, 1.807) is 37.0 Å². The first-order valence-corrected chi connectivity index (χ1v) is 70.1. The Kier molecular flexibility index (Phi) is 57.8. The van der Waals surface area contributed by atoms with Gasteiger partial charge in [-0.05, 0) is 0 Å². The summed E-state index contributed by atoms with van der Waals surface area (Å²) in [6.07, 6.45) is 102. The van der Waals surface area contributed by atoms with Gasteiger partial charge in [0.1, 0.15) is 0 Å². The average molecular weight is 1940 g/mol. The van der Waals surface area contributed by atoms with Crippen LogP contribution in [0.4, 0.5) is 0 Å². The number of benzene rings is 2. The second-order valence-electron chi connectivity index (χ2n) is 39.1. The summed E-state index contributed by atoms with van der Waals surface area (Å²) in [6.45, 7) is 24.2. The van der Waals surface area contributed by atoms with Gasteiger partial charge in [-0.15, -0.1) is 0 Å². The minimum atomic E-state index is -3.29. The maximum absolute atomic E-state index is 11.1. The van der Waals surface area contributed by atoms with E-state index in [0.717, 1.165) is 11.4 Å². The van der Waals surface area contributed by atoms with E-state index >= 15 is 0 Å². The molecule has 116 heavy (non-hydrogen) atoms. The summed E-state index contributed by atoms with van der Waals surface area (Å²) in [5.41, 5.74) is 17.2. The van der Waals surface area contributed by atoms with Crippen LogP contribution < -0.4 is 3.58 Å². The minimum absolute atomic E-state index is 0.0964. The Morgan fingerprint density at radius 3 is 0.862 bits per heavy atom. The summed E-state index contributed by atoms with van der Waals surface area (Å²) in [7, 11) is 0. The van der Waals surface area contributed by atoms with Crippen LogP contribution in [0.3, 0.4) is 0 Å². The molecule has 2 aromatic carbocycles. The van der Waals surface area contributed by atoms with E-state index in [4.69, 9.17) is 12.0 Å². The summed E-state index contributed by atoms with van der Waals surface area (Å²) in [5.74, 6) is 0. The number of aromatic nitrogens is 2. The molecular weight excluding hydrogens is 1750 g/mol. The zero-order chi connectivity index (χ0) is 82.9. The minimum Gasteiger partial charge on any atom is -0.0654 e. The molecule has 1 heterocycles. The predicted molar refractivity (Wildman–Crippen MR) is 529 cm³/mol. The summed E-state index contributed by atoms with van der Waals surface area (Å²) in [6, 6.07) is 8.99. The van der Waals surface area contributed by atoms with Crippen LogP contribution in [-0.4, -0.2) is 87.3 Å². The Bertz CT molecular complexity index is 3000. The topological polar surface area (TPSA) is 62.0 Å². The van der Waals surface area contributed by atoms with Crippen molar-refractivity contribution in [2.24, 2.45) is 4.01 Å². The van der Waals surface area contributed by atoms with Gasteiger partial charge in [-0.3, -0.25) is 0 Å². The van der Waals surface area contributed by atoms with Crippen molar-refractivity contribution in [3.8, 4) is 11.1 Å². The van der Waals surface area contributed by atoms with Gasteiger partial charge in [-0.25, -0.2) is 0 Å². The van der Waals surface area contributed by atoms with Crippen molar-refractivity contribution in [3.63, 3.8) is 0 Å². The monoisotopic (exact) mass is 1940 g/mol. The van der Waals surface area contributed by atoms with Crippen molar-refractivity contribution in [3.05, 3.63) is 55.7 Å². The van der Waals surface area contributed by atoms with Gasteiger partial charge in [0.2, 0.25) is 0 Å². The molecule has 3 aliphatic carbocycles. The molecule has 0 saturated carbocycles. The molecule has 0 unspecified atom stereocenters. The number of hydrogen-bond donors (Lipinski definition) is 1. The van der Waals surface area contributed by atoms with Gasteiger partial charge in [-0.1, -0.05) is 207 Å². The number of fused-ring (bicyclic) bond motifs is 7. The first-order chi connectivity index (χ1) is 57.1. The van der Waals surface area contributed by atoms with Crippen molar-refractivity contribution in [1.82, 2.24) is 7.96 Å². The number of rotatable bonds is 80. The summed E-state index contributed by atoms with van der Waals surface area (Å²) >= 11 is -3.16. The molecule has 1 N–H and O–H groups in total. The van der Waals surface area contributed by atoms with E-state index in [1.807, 2.05) is 3.58 Å². The Morgan fingerprint density at radius 2 is 0.560 bits per heavy atom. The molecule has 0 atom stereocenters. The first-order valence-electron chi connectivity index (χ1n) is 52.9. The zero-order valence-electron chi connectivity index (χ0n) is 79.1. The van der Waals surface area contributed by atoms with Gasteiger partial charge in [0.25, 0.3) is 0 Å². The molecule has 0 amide bonds. The normalized spacial score (nSPS) is 14.8. The van der Waals surface area contributed by atoms with Gasteiger partial charge in [-0.2, -0.15) is 0 Å². The van der Waals surface area contributed by atoms with Crippen LogP contribution in [0, 0.1) is 5.41 Å². The van der Waals surface area contributed by atoms with E-state index in [9.17, 15) is 5.41 Å². The van der Waals surface area contributed by atoms with Crippen molar-refractivity contribution < 1.29 is 0 Å². The second-order valence-corrected chi connectivity index (χ2v) is 66.9. The van der Waals surface area contributed by atoms with E-state index < -0.39 is 36.8 Å². The molecule has 3 aliphatic rings. The molecule has 663 valence electrons. The van der Waals surface area contributed by atoms with Crippen molar-refractivity contribution >= 4 is 99.6 Å². The fraction of sp³-hybridized carbons (Fsp3) is 0.833. The van der Waals surface area contributed by atoms with Crippen LogP contribution in [0.2, 0.25) is 26.6 Å². The third kappa shape index (κ3) is 34.0. The molecule has 8 heteroatoms. The molecule has 0 bridgehead atoms. The molecule has 4 nitrogen and oxygen atoms in total. The van der Waals surface area contributed by atoms with Crippen LogP contribution in [0.5, 0.6) is 0 Å². The Hall–Kier alpha value is -0.504. The zero-order valence-corrected chi connectivity index (χ0v) is 88.3. The van der Waals surface area contributed by atoms with Crippen molar-refractivity contribution in [1.29, 1.82) is 5.41 Å². The molecule has 0 spiro atoms. The third-order valence-electron chi connectivity index (χ3n) is 29.7. The molecule has 1 radical (unpaired) electrons. The van der Waals surface area contributed by atoms with E-state index in [0.29, 0.717) is 0 Å². The number of hydrogen-bond acceptors (Lipinski definition) is 4. The van der Waals surface area contributed by atoms with Gasteiger partial charge >= 0.3 is 545 Å². The van der Waals surface area contributed by atoms with E-state index in [-0.39, 0.29) is 25.8 Å². The quantitative estimate of drug-likeness (QED) is 0.0348. The van der Waals surface area contributed by atoms with Gasteiger partial charge in [0, 0.05) is 0 Å². The maximum atomic E-state index is 11.1. The average Bonchev–Trinajstić information content (AvgIpc) is 1.51. The van der Waals surface area contributed by atoms with Crippen molar-refractivity contribution in [2.75, 3.05) is 0 Å². The van der Waals surface area contributed by atoms with Crippen molar-refractivity contribution in [2.45, 2.75) is 569 Å². The summed E-state index contributed by atoms with van der Waals surface area (Å²) in [4.78, 5) is 0. The van der Waals surface area contributed by atoms with E-state index in [1.165, 1.54) is 511 Å². The third-order valence-corrected chi connectivity index (χ3v) is 62.4. The SMILES string of the molecule is CCCCCCCCCCCCCCCCC1(CCCCCCCCCCCCCCCC)C2=C(/C(=N/[Se])C(=N)[C]([Sn]([CH2]CCC)([CH2]CCC)[CH2]CCC)=C2)c2cc3c(cc21)-c1c(c[c]([Sn]([CH2]CCC)([CH2]CCC)[CH2]CCC)c2n[se]nc12)C3(CCCCCCCCCCCCCCCC)CCCCCCCCCCCCCCCC. The molecule has 0 aliphatic heterocycles. The van der Waals surface area contributed by atoms with Gasteiger partial charge in [0.05, 0.1) is 0 Å². The predicted octanol–water partition coefficient (Wildman–Crippen LogP) is 36.4. The molecule has 3 aromatic rings. The van der Waals surface area contributed by atoms with E-state index in [2.05, 4.69) is 110 Å². The summed E-state index contributed by atoms with van der Waals surface area (Å²) in [5, 5.41) is 11.1. The fourth-order valence-corrected chi connectivity index (χ4v) is 57.4. The molecular formula is C108H191N4Se2Sn2. The number of nitrogens with zero attached hydrogens (tertiary/aromatic N) is 3. The van der Waals surface area contributed by atoms with Crippen LogP contribution in [0.1, 0.15) is 554 Å². The fourth-order valence-electron chi connectivity index (χ4n) is 22.4. The van der Waals surface area contributed by atoms with Crippen LogP contribution >= 0.6 is 0 Å². The second kappa shape index (κ2) is 64.3. The number of nitrogens with one attached hydrogen (secondary N) is 1. The van der Waals surface area contributed by atoms with Crippen LogP contribution in [0.15, 0.2) is 37.4 Å². The Labute approximate surface area is 745 Å². The summed E-state index contributed by atoms with van der Waals surface area (Å²) < 4.78 is 29.3. The van der Waals surface area contributed by atoms with Gasteiger partial charge < -0.3 is 0 Å². The molecule has 1 aromatic heterocycles. The molecule has 0 fully saturated rings. The van der Waals surface area contributed by atoms with Gasteiger partial charge in [0.15, 0.2) is 0 Å². The van der Waals surface area contributed by atoms with Crippen LogP contribution in [0.25, 0.3) is 27.7 Å². The number of unbranched alkanes of at least 4 members (excludes halogenated alkanes) is 58. The standard InChI is InChI=1S/C84H137N4Se2.6C4H9.2Sn/c1-5-9-13-17-21-25-29-33-37-41-45-49-53-57-65-83(66-58-54-50-46-42-38-34-30-26-22-18-14-10-6-2)73-61-63-77(85)81(86-89)79(73)71-69-76-72(70-75(71)83)80-74(62-64-78-82(80)88-90-87-78)84(76,67-59-55-51-47-43-39-35-31-27-23-19-15-11-7-3)68-60-56-52-48-44-40-36-32-28-24-20-16-12-8-4;6*1-3-4-2;;/h61-62,69-70,85H,5-60,65-68H2,1-4H3;6*1,3-4H2,2H3;;/b85-77?,86-81+;;;;;;;;. The number of allylic oxidation sites excluding steroid dienone is 4. The molecule has 6 rings (SSSR count). The first kappa shape index (κ1) is 104. The Balaban J connectivity index is 1.57. The van der Waals surface area contributed by atoms with Crippen LogP contribution in [-0.2, 0) is 10.8 Å². The molecule has 0 saturated heterocycles. The Morgan fingerprint density at radius 1 is 0.302 bits per heavy atom. The smallest absolute Gasteiger partial charge is 0.0654 e.